The number of allylic oxidation sites excluding steroid dienone is 20. The summed E-state index contributed by atoms with van der Waals surface area (Å²) in [7, 11) is 0. The first-order chi connectivity index (χ1) is 34.5. The number of hydrogen-bond acceptors (Lipinski definition) is 6. The summed E-state index contributed by atoms with van der Waals surface area (Å²) in [6.07, 6.45) is 79.3. The van der Waals surface area contributed by atoms with Crippen LogP contribution in [0.25, 0.3) is 0 Å². The number of ether oxygens (including phenoxy) is 3. The van der Waals surface area contributed by atoms with E-state index in [2.05, 4.69) is 142 Å². The zero-order chi connectivity index (χ0) is 50.7. The van der Waals surface area contributed by atoms with Gasteiger partial charge in [-0.1, -0.05) is 239 Å². The maximum atomic E-state index is 12.8. The molecule has 0 aliphatic carbocycles. The van der Waals surface area contributed by atoms with Crippen molar-refractivity contribution in [1.29, 1.82) is 0 Å². The van der Waals surface area contributed by atoms with Crippen molar-refractivity contribution in [3.05, 3.63) is 122 Å². The molecule has 0 saturated carbocycles. The van der Waals surface area contributed by atoms with E-state index in [9.17, 15) is 14.4 Å². The van der Waals surface area contributed by atoms with Gasteiger partial charge in [0.05, 0.1) is 0 Å². The lowest BCUT2D eigenvalue weighted by Gasteiger charge is -2.18. The third-order valence-corrected chi connectivity index (χ3v) is 11.7. The molecule has 6 heteroatoms. The molecule has 0 saturated heterocycles. The van der Waals surface area contributed by atoms with Crippen molar-refractivity contribution in [3.8, 4) is 0 Å². The number of hydrogen-bond donors (Lipinski definition) is 0. The Labute approximate surface area is 431 Å². The highest BCUT2D eigenvalue weighted by Gasteiger charge is 2.19. The molecule has 6 nitrogen and oxygen atoms in total. The van der Waals surface area contributed by atoms with Crippen LogP contribution in [0.1, 0.15) is 245 Å². The number of unbranched alkanes of at least 4 members (excludes halogenated alkanes) is 19. The number of carbonyl (C=O) groups excluding carboxylic acids is 3. The van der Waals surface area contributed by atoms with Crippen LogP contribution in [0.3, 0.4) is 0 Å². The van der Waals surface area contributed by atoms with Gasteiger partial charge in [0.1, 0.15) is 13.2 Å². The van der Waals surface area contributed by atoms with Gasteiger partial charge in [-0.25, -0.2) is 0 Å². The van der Waals surface area contributed by atoms with Gasteiger partial charge in [0.25, 0.3) is 0 Å². The molecular formula is C64H104O6. The summed E-state index contributed by atoms with van der Waals surface area (Å²) in [5.74, 6) is -0.951. The van der Waals surface area contributed by atoms with Crippen molar-refractivity contribution in [2.75, 3.05) is 13.2 Å². The van der Waals surface area contributed by atoms with Gasteiger partial charge in [-0.15, -0.1) is 0 Å². The van der Waals surface area contributed by atoms with Gasteiger partial charge in [-0.05, 0) is 109 Å². The molecule has 0 rings (SSSR count). The van der Waals surface area contributed by atoms with E-state index in [1.807, 2.05) is 0 Å². The van der Waals surface area contributed by atoms with Crippen molar-refractivity contribution in [2.24, 2.45) is 0 Å². The van der Waals surface area contributed by atoms with E-state index in [1.165, 1.54) is 83.5 Å². The van der Waals surface area contributed by atoms with E-state index in [4.69, 9.17) is 14.2 Å². The molecule has 0 radical (unpaired) electrons. The lowest BCUT2D eigenvalue weighted by molar-refractivity contribution is -0.167. The molecule has 0 heterocycles. The predicted molar refractivity (Wildman–Crippen MR) is 302 cm³/mol. The van der Waals surface area contributed by atoms with Crippen LogP contribution >= 0.6 is 0 Å². The Bertz CT molecular complexity index is 1490. The summed E-state index contributed by atoms with van der Waals surface area (Å²) in [6, 6.07) is 0. The Hall–Kier alpha value is -4.19. The Kier molecular flexibility index (Phi) is 54.0. The van der Waals surface area contributed by atoms with Gasteiger partial charge >= 0.3 is 17.9 Å². The molecule has 0 aromatic carbocycles. The minimum atomic E-state index is -0.801. The predicted octanol–water partition coefficient (Wildman–Crippen LogP) is 19.3. The molecule has 0 spiro atoms. The minimum Gasteiger partial charge on any atom is -0.462 e. The van der Waals surface area contributed by atoms with Crippen molar-refractivity contribution in [1.82, 2.24) is 0 Å². The van der Waals surface area contributed by atoms with Gasteiger partial charge in [0.2, 0.25) is 0 Å². The maximum absolute atomic E-state index is 12.8. The molecular weight excluding hydrogens is 865 g/mol. The van der Waals surface area contributed by atoms with Gasteiger partial charge in [-0.3, -0.25) is 14.4 Å². The zero-order valence-corrected chi connectivity index (χ0v) is 45.2. The molecule has 0 aromatic heterocycles. The van der Waals surface area contributed by atoms with Crippen LogP contribution in [-0.4, -0.2) is 37.2 Å². The highest BCUT2D eigenvalue weighted by Crippen LogP contribution is 2.14. The molecule has 0 bridgehead atoms. The monoisotopic (exact) mass is 969 g/mol. The van der Waals surface area contributed by atoms with Crippen LogP contribution in [-0.2, 0) is 28.6 Å². The second-order valence-electron chi connectivity index (χ2n) is 18.4. The average molecular weight is 970 g/mol. The molecule has 0 fully saturated rings. The van der Waals surface area contributed by atoms with Crippen molar-refractivity contribution < 1.29 is 28.6 Å². The smallest absolute Gasteiger partial charge is 0.306 e. The highest BCUT2D eigenvalue weighted by molar-refractivity contribution is 5.71. The van der Waals surface area contributed by atoms with Gasteiger partial charge < -0.3 is 14.2 Å². The first-order valence-electron chi connectivity index (χ1n) is 28.5. The molecule has 1 unspecified atom stereocenters. The van der Waals surface area contributed by atoms with Crippen LogP contribution < -0.4 is 0 Å². The molecule has 0 aliphatic heterocycles. The standard InChI is InChI=1S/C64H104O6/c1-4-7-10-13-16-19-21-23-25-26-27-28-29-30-31-32-33-34-35-36-37-38-40-41-43-45-48-51-54-57-63(66)69-60-61(59-68-62(65)56-53-50-47-18-15-12-9-6-3)70-64(67)58-55-52-49-46-44-42-39-24-22-20-17-14-11-8-5-2/h7-8,10-11,16-17,19-20,23-25,27-28,30-31,33-34,39,44,46,61H,4-6,9,12-15,18,21-22,26,29,32,35-38,40-43,45,47-60H2,1-3H3/b10-7-,11-8-,19-16-,20-17-,25-23-,28-27-,31-30-,34-33-,39-24-,46-44-. The molecule has 0 amide bonds. The normalized spacial score (nSPS) is 13.0. The van der Waals surface area contributed by atoms with E-state index in [0.29, 0.717) is 19.3 Å². The topological polar surface area (TPSA) is 78.9 Å². The summed E-state index contributed by atoms with van der Waals surface area (Å²) in [4.78, 5) is 37.9. The Morgan fingerprint density at radius 1 is 0.300 bits per heavy atom. The number of esters is 3. The third kappa shape index (κ3) is 54.7. The maximum Gasteiger partial charge on any atom is 0.306 e. The van der Waals surface area contributed by atoms with E-state index in [-0.39, 0.29) is 37.5 Å². The van der Waals surface area contributed by atoms with Crippen LogP contribution in [0.5, 0.6) is 0 Å². The summed E-state index contributed by atoms with van der Waals surface area (Å²) in [5.41, 5.74) is 0. The van der Waals surface area contributed by atoms with Gasteiger partial charge in [0, 0.05) is 19.3 Å². The summed E-state index contributed by atoms with van der Waals surface area (Å²) < 4.78 is 16.7. The van der Waals surface area contributed by atoms with Crippen LogP contribution in [0.2, 0.25) is 0 Å². The number of rotatable bonds is 50. The Balaban J connectivity index is 4.23. The van der Waals surface area contributed by atoms with Gasteiger partial charge in [-0.2, -0.15) is 0 Å². The van der Waals surface area contributed by atoms with Gasteiger partial charge in [0.15, 0.2) is 6.10 Å². The highest BCUT2D eigenvalue weighted by atomic mass is 16.6. The van der Waals surface area contributed by atoms with E-state index in [0.717, 1.165) is 116 Å². The summed E-state index contributed by atoms with van der Waals surface area (Å²) >= 11 is 0. The quantitative estimate of drug-likeness (QED) is 0.0262. The molecule has 0 N–H and O–H groups in total. The van der Waals surface area contributed by atoms with Crippen molar-refractivity contribution in [2.45, 2.75) is 252 Å². The fourth-order valence-corrected chi connectivity index (χ4v) is 7.49. The van der Waals surface area contributed by atoms with E-state index in [1.54, 1.807) is 0 Å². The van der Waals surface area contributed by atoms with Crippen LogP contribution in [0.15, 0.2) is 122 Å². The average Bonchev–Trinajstić information content (AvgIpc) is 3.36. The second-order valence-corrected chi connectivity index (χ2v) is 18.4. The van der Waals surface area contributed by atoms with Crippen LogP contribution in [0, 0.1) is 0 Å². The molecule has 1 atom stereocenters. The fraction of sp³-hybridized carbons (Fsp3) is 0.641. The molecule has 0 aliphatic rings. The Morgan fingerprint density at radius 2 is 0.557 bits per heavy atom. The largest absolute Gasteiger partial charge is 0.462 e. The summed E-state index contributed by atoms with van der Waals surface area (Å²) in [5, 5.41) is 0. The number of carbonyl (C=O) groups is 3. The fourth-order valence-electron chi connectivity index (χ4n) is 7.49. The lowest BCUT2D eigenvalue weighted by Crippen LogP contribution is -2.30. The Morgan fingerprint density at radius 3 is 0.900 bits per heavy atom. The SMILES string of the molecule is CC/C=C\C/C=C\C/C=C\C/C=C\C/C=C\C/C=C\CCCCCCCCCCCCC(=O)OCC(COC(=O)CCCCCCCCCC)OC(=O)CCCC/C=C\C/C=C\C/C=C\C/C=C\CC. The first kappa shape index (κ1) is 65.8. The molecule has 0 aromatic rings. The van der Waals surface area contributed by atoms with E-state index < -0.39 is 6.10 Å². The van der Waals surface area contributed by atoms with Crippen LogP contribution in [0.4, 0.5) is 0 Å². The third-order valence-electron chi connectivity index (χ3n) is 11.7. The molecule has 70 heavy (non-hydrogen) atoms. The molecule has 396 valence electrons. The lowest BCUT2D eigenvalue weighted by atomic mass is 10.1. The summed E-state index contributed by atoms with van der Waals surface area (Å²) in [6.45, 7) is 6.33. The van der Waals surface area contributed by atoms with Crippen molar-refractivity contribution in [3.63, 3.8) is 0 Å². The second kappa shape index (κ2) is 57.4. The minimum absolute atomic E-state index is 0.0969. The zero-order valence-electron chi connectivity index (χ0n) is 45.2. The first-order valence-corrected chi connectivity index (χ1v) is 28.5. The van der Waals surface area contributed by atoms with E-state index >= 15 is 0 Å². The van der Waals surface area contributed by atoms with Crippen molar-refractivity contribution >= 4 is 17.9 Å².